The molecule has 4 heteroatoms. The van der Waals surface area contributed by atoms with Crippen molar-refractivity contribution < 1.29 is 8.83 Å². The molecule has 3 aromatic rings. The van der Waals surface area contributed by atoms with Crippen molar-refractivity contribution in [2.75, 3.05) is 0 Å². The first-order valence-electron chi connectivity index (χ1n) is 6.36. The highest BCUT2D eigenvalue weighted by Gasteiger charge is 2.06. The summed E-state index contributed by atoms with van der Waals surface area (Å²) >= 11 is 1.72. The van der Waals surface area contributed by atoms with Crippen molar-refractivity contribution >= 4 is 22.7 Å². The maximum absolute atomic E-state index is 11.6. The number of benzene rings is 1. The molecule has 0 saturated carbocycles. The second-order valence-corrected chi connectivity index (χ2v) is 5.65. The van der Waals surface area contributed by atoms with Crippen molar-refractivity contribution in [1.82, 2.24) is 0 Å². The van der Waals surface area contributed by atoms with E-state index in [1.165, 1.54) is 0 Å². The molecule has 0 fully saturated rings. The third kappa shape index (κ3) is 2.80. The van der Waals surface area contributed by atoms with E-state index in [4.69, 9.17) is 8.83 Å². The zero-order valence-electron chi connectivity index (χ0n) is 11.1. The Morgan fingerprint density at radius 2 is 2.05 bits per heavy atom. The van der Waals surface area contributed by atoms with Crippen molar-refractivity contribution in [1.29, 1.82) is 0 Å². The SMILES string of the molecule is Cc1ccc2c(CSCc3ccco3)cc(=O)oc2c1. The molecule has 102 valence electrons. The van der Waals surface area contributed by atoms with Gasteiger partial charge in [0, 0.05) is 17.2 Å². The zero-order chi connectivity index (χ0) is 13.9. The Bertz CT molecular complexity index is 772. The molecular weight excluding hydrogens is 272 g/mol. The van der Waals surface area contributed by atoms with Crippen molar-refractivity contribution in [2.45, 2.75) is 18.4 Å². The Kier molecular flexibility index (Phi) is 3.65. The van der Waals surface area contributed by atoms with Crippen LogP contribution in [0.2, 0.25) is 0 Å². The fraction of sp³-hybridized carbons (Fsp3) is 0.188. The van der Waals surface area contributed by atoms with Crippen molar-refractivity contribution in [3.63, 3.8) is 0 Å². The van der Waals surface area contributed by atoms with Gasteiger partial charge in [0.05, 0.1) is 12.0 Å². The summed E-state index contributed by atoms with van der Waals surface area (Å²) in [6, 6.07) is 11.3. The molecular formula is C16H14O3S. The number of thioether (sulfide) groups is 1. The lowest BCUT2D eigenvalue weighted by atomic mass is 10.1. The third-order valence-electron chi connectivity index (χ3n) is 3.07. The van der Waals surface area contributed by atoms with Crippen LogP contribution in [0.3, 0.4) is 0 Å². The number of fused-ring (bicyclic) bond motifs is 1. The second-order valence-electron chi connectivity index (χ2n) is 4.66. The lowest BCUT2D eigenvalue weighted by molar-refractivity contribution is 0.530. The summed E-state index contributed by atoms with van der Waals surface area (Å²) in [7, 11) is 0. The molecule has 0 aliphatic carbocycles. The molecule has 20 heavy (non-hydrogen) atoms. The Morgan fingerprint density at radius 3 is 2.85 bits per heavy atom. The zero-order valence-corrected chi connectivity index (χ0v) is 11.9. The summed E-state index contributed by atoms with van der Waals surface area (Å²) in [6.45, 7) is 1.98. The lowest BCUT2D eigenvalue weighted by Gasteiger charge is -2.05. The van der Waals surface area contributed by atoms with Gasteiger partial charge in [0.15, 0.2) is 0 Å². The van der Waals surface area contributed by atoms with Gasteiger partial charge in [-0.3, -0.25) is 0 Å². The smallest absolute Gasteiger partial charge is 0.336 e. The molecule has 3 rings (SSSR count). The van der Waals surface area contributed by atoms with Crippen LogP contribution >= 0.6 is 11.8 Å². The van der Waals surface area contributed by atoms with Gasteiger partial charge >= 0.3 is 5.63 Å². The van der Waals surface area contributed by atoms with E-state index >= 15 is 0 Å². The average molecular weight is 286 g/mol. The molecule has 0 atom stereocenters. The van der Waals surface area contributed by atoms with E-state index < -0.39 is 0 Å². The first-order valence-corrected chi connectivity index (χ1v) is 7.51. The van der Waals surface area contributed by atoms with Crippen LogP contribution in [0, 0.1) is 6.92 Å². The Labute approximate surface area is 120 Å². The van der Waals surface area contributed by atoms with Crippen LogP contribution in [0.15, 0.2) is 56.3 Å². The fourth-order valence-corrected chi connectivity index (χ4v) is 3.04. The van der Waals surface area contributed by atoms with Crippen LogP contribution in [0.1, 0.15) is 16.9 Å². The van der Waals surface area contributed by atoms with Crippen LogP contribution in [0.5, 0.6) is 0 Å². The summed E-state index contributed by atoms with van der Waals surface area (Å²) in [5.41, 5.74) is 2.46. The number of rotatable bonds is 4. The van der Waals surface area contributed by atoms with Crippen LogP contribution in [0.4, 0.5) is 0 Å². The van der Waals surface area contributed by atoms with Crippen molar-refractivity contribution in [3.8, 4) is 0 Å². The highest BCUT2D eigenvalue weighted by Crippen LogP contribution is 2.24. The van der Waals surface area contributed by atoms with Crippen molar-refractivity contribution in [3.05, 3.63) is 70.0 Å². The van der Waals surface area contributed by atoms with E-state index in [2.05, 4.69) is 0 Å². The van der Waals surface area contributed by atoms with Gasteiger partial charge < -0.3 is 8.83 Å². The normalized spacial score (nSPS) is 11.1. The number of hydrogen-bond donors (Lipinski definition) is 0. The van der Waals surface area contributed by atoms with Gasteiger partial charge in [0.2, 0.25) is 0 Å². The van der Waals surface area contributed by atoms with E-state index in [0.717, 1.165) is 33.8 Å². The van der Waals surface area contributed by atoms with Crippen LogP contribution in [-0.4, -0.2) is 0 Å². The Morgan fingerprint density at radius 1 is 1.15 bits per heavy atom. The summed E-state index contributed by atoms with van der Waals surface area (Å²) in [5.74, 6) is 2.49. The standard InChI is InChI=1S/C16H14O3S/c1-11-4-5-14-12(8-16(17)19-15(14)7-11)9-20-10-13-3-2-6-18-13/h2-8H,9-10H2,1H3. The molecule has 3 nitrogen and oxygen atoms in total. The van der Waals surface area contributed by atoms with Crippen LogP contribution in [-0.2, 0) is 11.5 Å². The first-order chi connectivity index (χ1) is 9.72. The van der Waals surface area contributed by atoms with E-state index in [1.807, 2.05) is 37.3 Å². The van der Waals surface area contributed by atoms with Gasteiger partial charge in [-0.05, 0) is 36.2 Å². The van der Waals surface area contributed by atoms with E-state index in [1.54, 1.807) is 24.1 Å². The van der Waals surface area contributed by atoms with Gasteiger partial charge in [-0.1, -0.05) is 12.1 Å². The fourth-order valence-electron chi connectivity index (χ4n) is 2.11. The molecule has 0 spiro atoms. The van der Waals surface area contributed by atoms with E-state index in [9.17, 15) is 4.79 Å². The number of hydrogen-bond acceptors (Lipinski definition) is 4. The minimum Gasteiger partial charge on any atom is -0.468 e. The van der Waals surface area contributed by atoms with Gasteiger partial charge in [-0.25, -0.2) is 4.79 Å². The third-order valence-corrected chi connectivity index (χ3v) is 4.07. The lowest BCUT2D eigenvalue weighted by Crippen LogP contribution is -2.00. The van der Waals surface area contributed by atoms with Gasteiger partial charge in [0.25, 0.3) is 0 Å². The number of aryl methyl sites for hydroxylation is 1. The van der Waals surface area contributed by atoms with Gasteiger partial charge in [-0.15, -0.1) is 11.8 Å². The first kappa shape index (κ1) is 13.1. The molecule has 0 radical (unpaired) electrons. The minimum absolute atomic E-state index is 0.295. The largest absolute Gasteiger partial charge is 0.468 e. The van der Waals surface area contributed by atoms with E-state index in [-0.39, 0.29) is 5.63 Å². The predicted octanol–water partition coefficient (Wildman–Crippen LogP) is 4.13. The molecule has 0 unspecified atom stereocenters. The summed E-state index contributed by atoms with van der Waals surface area (Å²) in [4.78, 5) is 11.6. The average Bonchev–Trinajstić information content (AvgIpc) is 2.91. The summed E-state index contributed by atoms with van der Waals surface area (Å²) in [5, 5.41) is 1.00. The topological polar surface area (TPSA) is 43.4 Å². The molecule has 2 heterocycles. The van der Waals surface area contributed by atoms with Gasteiger partial charge in [0.1, 0.15) is 11.3 Å². The molecule has 0 bridgehead atoms. The maximum atomic E-state index is 11.6. The second kappa shape index (κ2) is 5.59. The summed E-state index contributed by atoms with van der Waals surface area (Å²) < 4.78 is 10.5. The summed E-state index contributed by atoms with van der Waals surface area (Å²) in [6.07, 6.45) is 1.67. The molecule has 0 amide bonds. The highest BCUT2D eigenvalue weighted by molar-refractivity contribution is 7.97. The van der Waals surface area contributed by atoms with E-state index in [0.29, 0.717) is 5.58 Å². The van der Waals surface area contributed by atoms with Crippen molar-refractivity contribution in [2.24, 2.45) is 0 Å². The highest BCUT2D eigenvalue weighted by atomic mass is 32.2. The molecule has 1 aromatic carbocycles. The maximum Gasteiger partial charge on any atom is 0.336 e. The molecule has 0 saturated heterocycles. The monoisotopic (exact) mass is 286 g/mol. The predicted molar refractivity (Wildman–Crippen MR) is 80.9 cm³/mol. The molecule has 0 N–H and O–H groups in total. The van der Waals surface area contributed by atoms with Gasteiger partial charge in [-0.2, -0.15) is 0 Å². The minimum atomic E-state index is -0.295. The molecule has 0 aliphatic rings. The molecule has 2 aromatic heterocycles. The van der Waals surface area contributed by atoms with Crippen LogP contribution in [0.25, 0.3) is 11.0 Å². The Balaban J connectivity index is 1.85. The molecule has 0 aliphatic heterocycles. The van der Waals surface area contributed by atoms with Crippen LogP contribution < -0.4 is 5.63 Å². The quantitative estimate of drug-likeness (QED) is 0.676. The Hall–Kier alpha value is -1.94. The number of furan rings is 1.